The number of pyridine rings is 1. The summed E-state index contributed by atoms with van der Waals surface area (Å²) in [5, 5.41) is 12.8. The highest BCUT2D eigenvalue weighted by atomic mass is 32.2. The summed E-state index contributed by atoms with van der Waals surface area (Å²) < 4.78 is 1.72. The van der Waals surface area contributed by atoms with E-state index in [1.165, 1.54) is 27.7 Å². The summed E-state index contributed by atoms with van der Waals surface area (Å²) in [5.41, 5.74) is 3.13. The Morgan fingerprint density at radius 3 is 2.61 bits per heavy atom. The average molecular weight is 432 g/mol. The Kier molecular flexibility index (Phi) is 4.14. The molecule has 0 bridgehead atoms. The highest BCUT2D eigenvalue weighted by molar-refractivity contribution is 7.98. The quantitative estimate of drug-likeness (QED) is 0.639. The third-order valence-electron chi connectivity index (χ3n) is 6.50. The molecule has 0 saturated carbocycles. The minimum atomic E-state index is -0.533. The molecule has 2 aromatic carbocycles. The predicted molar refractivity (Wildman–Crippen MR) is 119 cm³/mol. The van der Waals surface area contributed by atoms with Crippen molar-refractivity contribution in [3.8, 4) is 5.75 Å². The zero-order chi connectivity index (χ0) is 21.1. The van der Waals surface area contributed by atoms with Crippen molar-refractivity contribution in [1.82, 2.24) is 9.58 Å². The van der Waals surface area contributed by atoms with E-state index in [1.807, 2.05) is 17.8 Å². The number of benzene rings is 2. The number of carbonyl (C=O) groups excluding carboxylic acids is 1. The first kappa shape index (κ1) is 18.6. The summed E-state index contributed by atoms with van der Waals surface area (Å²) >= 11 is 1.82. The lowest BCUT2D eigenvalue weighted by atomic mass is 9.93. The SMILES string of the molecule is O=C1c2c(O)c(=O)ccn2N([C@H]2c3ccccc3CSc3ccccc32)[C@@H]2CCCN12. The number of fused-ring (bicyclic) bond motifs is 4. The van der Waals surface area contributed by atoms with Gasteiger partial charge in [0.15, 0.2) is 11.4 Å². The summed E-state index contributed by atoms with van der Waals surface area (Å²) in [7, 11) is 0. The van der Waals surface area contributed by atoms with Crippen molar-refractivity contribution in [1.29, 1.82) is 0 Å². The van der Waals surface area contributed by atoms with Crippen LogP contribution in [0.1, 0.15) is 46.1 Å². The summed E-state index contributed by atoms with van der Waals surface area (Å²) in [5.74, 6) is 0.110. The first-order chi connectivity index (χ1) is 15.1. The van der Waals surface area contributed by atoms with Crippen LogP contribution < -0.4 is 10.4 Å². The van der Waals surface area contributed by atoms with E-state index in [4.69, 9.17) is 0 Å². The number of aromatic nitrogens is 1. The molecule has 3 aromatic rings. The molecule has 31 heavy (non-hydrogen) atoms. The predicted octanol–water partition coefficient (Wildman–Crippen LogP) is 3.46. The molecule has 4 heterocycles. The molecule has 1 fully saturated rings. The molecule has 0 aliphatic carbocycles. The standard InChI is InChI=1S/C24H21N3O3S/c28-18-11-13-26-22(23(18)29)24(30)25-12-5-10-20(25)27(26)21-16-7-2-1-6-15(16)14-31-19-9-4-3-8-17(19)21/h1-4,6-9,11,13,20-21,29H,5,10,12,14H2/t20-,21+/m1/s1. The second kappa shape index (κ2) is 6.92. The molecule has 1 aromatic heterocycles. The third-order valence-corrected chi connectivity index (χ3v) is 7.64. The van der Waals surface area contributed by atoms with Gasteiger partial charge in [-0.1, -0.05) is 42.5 Å². The molecule has 0 spiro atoms. The van der Waals surface area contributed by atoms with Crippen LogP contribution in [0.3, 0.4) is 0 Å². The van der Waals surface area contributed by atoms with Crippen LogP contribution in [0.25, 0.3) is 0 Å². The van der Waals surface area contributed by atoms with E-state index in [0.29, 0.717) is 6.54 Å². The van der Waals surface area contributed by atoms with Gasteiger partial charge in [-0.3, -0.25) is 19.3 Å². The van der Waals surface area contributed by atoms with E-state index in [-0.39, 0.29) is 23.8 Å². The average Bonchev–Trinajstić information content (AvgIpc) is 3.22. The lowest BCUT2D eigenvalue weighted by molar-refractivity contribution is 0.0634. The highest BCUT2D eigenvalue weighted by Crippen LogP contribution is 2.45. The zero-order valence-electron chi connectivity index (χ0n) is 16.8. The van der Waals surface area contributed by atoms with Gasteiger partial charge in [0.1, 0.15) is 6.17 Å². The van der Waals surface area contributed by atoms with Crippen LogP contribution in [0.5, 0.6) is 5.75 Å². The summed E-state index contributed by atoms with van der Waals surface area (Å²) in [6.07, 6.45) is 3.22. The summed E-state index contributed by atoms with van der Waals surface area (Å²) in [4.78, 5) is 28.5. The number of rotatable bonds is 1. The van der Waals surface area contributed by atoms with Crippen LogP contribution in [0.2, 0.25) is 0 Å². The molecular formula is C24H21N3O3S. The van der Waals surface area contributed by atoms with Crippen molar-refractivity contribution in [3.63, 3.8) is 0 Å². The maximum atomic E-state index is 13.2. The molecule has 2 atom stereocenters. The summed E-state index contributed by atoms with van der Waals surface area (Å²) in [6.45, 7) is 0.618. The first-order valence-corrected chi connectivity index (χ1v) is 11.5. The smallest absolute Gasteiger partial charge is 0.278 e. The maximum absolute atomic E-state index is 13.2. The molecule has 156 valence electrons. The third kappa shape index (κ3) is 2.66. The lowest BCUT2D eigenvalue weighted by Crippen LogP contribution is -2.60. The van der Waals surface area contributed by atoms with Gasteiger partial charge in [-0.25, -0.2) is 0 Å². The molecule has 3 aliphatic rings. The Balaban J connectivity index is 1.66. The van der Waals surface area contributed by atoms with Crippen LogP contribution in [-0.2, 0) is 5.75 Å². The largest absolute Gasteiger partial charge is 0.502 e. The fourth-order valence-corrected chi connectivity index (χ4v) is 6.22. The molecule has 3 aliphatic heterocycles. The Labute approximate surface area is 183 Å². The first-order valence-electron chi connectivity index (χ1n) is 10.5. The van der Waals surface area contributed by atoms with Gasteiger partial charge in [-0.05, 0) is 35.6 Å². The number of aromatic hydroxyl groups is 1. The van der Waals surface area contributed by atoms with Gasteiger partial charge < -0.3 is 10.0 Å². The van der Waals surface area contributed by atoms with Crippen molar-refractivity contribution in [2.45, 2.75) is 35.7 Å². The van der Waals surface area contributed by atoms with E-state index in [2.05, 4.69) is 47.5 Å². The Morgan fingerprint density at radius 2 is 1.74 bits per heavy atom. The summed E-state index contributed by atoms with van der Waals surface area (Å²) in [6, 6.07) is 18.0. The van der Waals surface area contributed by atoms with Gasteiger partial charge in [0.25, 0.3) is 5.91 Å². The molecular weight excluding hydrogens is 410 g/mol. The normalized spacial score (nSPS) is 21.7. The molecule has 1 saturated heterocycles. The van der Waals surface area contributed by atoms with Gasteiger partial charge in [0.2, 0.25) is 5.43 Å². The molecule has 6 rings (SSSR count). The Hall–Kier alpha value is -3.19. The molecule has 6 nitrogen and oxygen atoms in total. The molecule has 1 N–H and O–H groups in total. The van der Waals surface area contributed by atoms with E-state index >= 15 is 0 Å². The van der Waals surface area contributed by atoms with Gasteiger partial charge in [-0.2, -0.15) is 0 Å². The Morgan fingerprint density at radius 1 is 0.968 bits per heavy atom. The number of thioether (sulfide) groups is 1. The van der Waals surface area contributed by atoms with E-state index < -0.39 is 11.2 Å². The molecule has 7 heteroatoms. The zero-order valence-corrected chi connectivity index (χ0v) is 17.6. The number of nitrogens with zero attached hydrogens (tertiary/aromatic N) is 3. The van der Waals surface area contributed by atoms with Crippen molar-refractivity contribution >= 4 is 17.7 Å². The van der Waals surface area contributed by atoms with E-state index in [0.717, 1.165) is 18.6 Å². The van der Waals surface area contributed by atoms with E-state index in [9.17, 15) is 14.7 Å². The second-order valence-corrected chi connectivity index (χ2v) is 9.17. The van der Waals surface area contributed by atoms with Gasteiger partial charge in [0, 0.05) is 29.5 Å². The number of amides is 1. The van der Waals surface area contributed by atoms with Crippen LogP contribution >= 0.6 is 11.8 Å². The number of hydrogen-bond acceptors (Lipinski definition) is 5. The number of carbonyl (C=O) groups is 1. The highest BCUT2D eigenvalue weighted by Gasteiger charge is 2.46. The van der Waals surface area contributed by atoms with Gasteiger partial charge in [0.05, 0.1) is 6.04 Å². The van der Waals surface area contributed by atoms with E-state index in [1.54, 1.807) is 15.8 Å². The molecule has 1 amide bonds. The topological polar surface area (TPSA) is 65.8 Å². The van der Waals surface area contributed by atoms with Crippen LogP contribution in [-0.4, -0.2) is 33.3 Å². The molecule has 0 unspecified atom stereocenters. The van der Waals surface area contributed by atoms with Crippen LogP contribution in [0.4, 0.5) is 0 Å². The Bertz CT molecular complexity index is 1220. The fourth-order valence-electron chi connectivity index (χ4n) is 5.12. The molecule has 0 radical (unpaired) electrons. The monoisotopic (exact) mass is 431 g/mol. The van der Waals surface area contributed by atoms with Crippen molar-refractivity contribution < 1.29 is 9.90 Å². The van der Waals surface area contributed by atoms with Crippen molar-refractivity contribution in [2.75, 3.05) is 11.6 Å². The van der Waals surface area contributed by atoms with Crippen molar-refractivity contribution in [3.05, 3.63) is 93.4 Å². The van der Waals surface area contributed by atoms with Crippen LogP contribution in [0.15, 0.2) is 70.5 Å². The van der Waals surface area contributed by atoms with Gasteiger partial charge in [-0.15, -0.1) is 11.8 Å². The van der Waals surface area contributed by atoms with Gasteiger partial charge >= 0.3 is 0 Å². The lowest BCUT2D eigenvalue weighted by Gasteiger charge is -2.47. The van der Waals surface area contributed by atoms with Crippen LogP contribution in [0, 0.1) is 0 Å². The minimum Gasteiger partial charge on any atom is -0.502 e. The van der Waals surface area contributed by atoms with Crippen molar-refractivity contribution in [2.24, 2.45) is 0 Å². The maximum Gasteiger partial charge on any atom is 0.278 e. The number of hydrogen-bond donors (Lipinski definition) is 1. The fraction of sp³-hybridized carbons (Fsp3) is 0.250. The second-order valence-electron chi connectivity index (χ2n) is 8.15. The minimum absolute atomic E-state index is 0.0533.